The first kappa shape index (κ1) is 16.3. The van der Waals surface area contributed by atoms with Gasteiger partial charge in [-0.05, 0) is 70.7 Å². The molecule has 1 heteroatoms. The van der Waals surface area contributed by atoms with Gasteiger partial charge < -0.3 is 5.11 Å². The molecular formula is C19H26O. The van der Waals surface area contributed by atoms with Crippen molar-refractivity contribution >= 4 is 0 Å². The average molecular weight is 270 g/mol. The van der Waals surface area contributed by atoms with E-state index in [1.807, 2.05) is 27.7 Å². The van der Waals surface area contributed by atoms with Gasteiger partial charge in [-0.15, -0.1) is 0 Å². The lowest BCUT2D eigenvalue weighted by Crippen LogP contribution is -1.88. The molecule has 0 fully saturated rings. The summed E-state index contributed by atoms with van der Waals surface area (Å²) in [6.07, 6.45) is 0. The van der Waals surface area contributed by atoms with E-state index in [1.54, 1.807) is 0 Å². The number of aryl methyl sites for hydroxylation is 5. The van der Waals surface area contributed by atoms with Crippen molar-refractivity contribution in [3.8, 4) is 5.75 Å². The fourth-order valence-electron chi connectivity index (χ4n) is 2.40. The van der Waals surface area contributed by atoms with Crippen LogP contribution >= 0.6 is 0 Å². The van der Waals surface area contributed by atoms with Crippen molar-refractivity contribution in [1.82, 2.24) is 0 Å². The summed E-state index contributed by atoms with van der Waals surface area (Å²) in [6.45, 7) is 14.3. The first-order chi connectivity index (χ1) is 9.22. The van der Waals surface area contributed by atoms with Crippen LogP contribution in [0.5, 0.6) is 5.75 Å². The third kappa shape index (κ3) is 4.12. The number of hydrogen-bond acceptors (Lipinski definition) is 1. The van der Waals surface area contributed by atoms with Gasteiger partial charge in [0.25, 0.3) is 0 Å². The molecule has 0 saturated carbocycles. The number of aromatic hydroxyl groups is 1. The molecular weight excluding hydrogens is 244 g/mol. The van der Waals surface area contributed by atoms with Gasteiger partial charge in [-0.1, -0.05) is 41.0 Å². The Labute approximate surface area is 123 Å². The number of phenolic OH excluding ortho intramolecular Hbond substituents is 1. The second kappa shape index (κ2) is 6.60. The van der Waals surface area contributed by atoms with Crippen molar-refractivity contribution in [2.75, 3.05) is 0 Å². The predicted molar refractivity (Wildman–Crippen MR) is 87.7 cm³/mol. The summed E-state index contributed by atoms with van der Waals surface area (Å²) >= 11 is 0. The molecule has 108 valence electrons. The lowest BCUT2D eigenvalue weighted by atomic mass is 10.0. The monoisotopic (exact) mass is 270 g/mol. The Kier molecular flexibility index (Phi) is 5.38. The van der Waals surface area contributed by atoms with Crippen molar-refractivity contribution in [2.45, 2.75) is 48.5 Å². The van der Waals surface area contributed by atoms with Crippen LogP contribution < -0.4 is 0 Å². The first-order valence-corrected chi connectivity index (χ1v) is 7.03. The lowest BCUT2D eigenvalue weighted by molar-refractivity contribution is 0.465. The zero-order chi connectivity index (χ0) is 15.4. The molecule has 2 rings (SSSR count). The van der Waals surface area contributed by atoms with Crippen molar-refractivity contribution in [2.24, 2.45) is 0 Å². The molecule has 1 N–H and O–H groups in total. The van der Waals surface area contributed by atoms with Crippen molar-refractivity contribution in [1.29, 1.82) is 0 Å². The largest absolute Gasteiger partial charge is 0.507 e. The predicted octanol–water partition coefficient (Wildman–Crippen LogP) is 5.24. The number of hydrogen-bond donors (Lipinski definition) is 1. The van der Waals surface area contributed by atoms with Gasteiger partial charge in [-0.25, -0.2) is 0 Å². The molecule has 0 aliphatic rings. The van der Waals surface area contributed by atoms with Crippen LogP contribution in [0.2, 0.25) is 0 Å². The van der Waals surface area contributed by atoms with E-state index in [0.29, 0.717) is 5.75 Å². The molecule has 0 spiro atoms. The molecule has 0 atom stereocenters. The third-order valence-electron chi connectivity index (χ3n) is 3.69. The summed E-state index contributed by atoms with van der Waals surface area (Å²) in [5.74, 6) is 0.447. The fraction of sp³-hybridized carbons (Fsp3) is 0.368. The van der Waals surface area contributed by atoms with Gasteiger partial charge >= 0.3 is 0 Å². The zero-order valence-corrected chi connectivity index (χ0v) is 13.8. The molecule has 0 aliphatic carbocycles. The van der Waals surface area contributed by atoms with Crippen LogP contribution in [-0.4, -0.2) is 5.11 Å². The molecule has 0 saturated heterocycles. The van der Waals surface area contributed by atoms with Gasteiger partial charge in [0.05, 0.1) is 0 Å². The van der Waals surface area contributed by atoms with Gasteiger partial charge in [0.1, 0.15) is 5.75 Å². The third-order valence-corrected chi connectivity index (χ3v) is 3.69. The summed E-state index contributed by atoms with van der Waals surface area (Å²) in [6, 6.07) is 8.66. The summed E-state index contributed by atoms with van der Waals surface area (Å²) in [5.41, 5.74) is 8.37. The average Bonchev–Trinajstić information content (AvgIpc) is 2.33. The van der Waals surface area contributed by atoms with Crippen LogP contribution in [0, 0.1) is 48.5 Å². The minimum atomic E-state index is 0.447. The first-order valence-electron chi connectivity index (χ1n) is 7.03. The van der Waals surface area contributed by atoms with Crippen molar-refractivity contribution in [3.63, 3.8) is 0 Å². The maximum atomic E-state index is 9.57. The second-order valence-corrected chi connectivity index (χ2v) is 5.77. The van der Waals surface area contributed by atoms with Gasteiger partial charge in [0.2, 0.25) is 0 Å². The van der Waals surface area contributed by atoms with E-state index in [4.69, 9.17) is 0 Å². The van der Waals surface area contributed by atoms with Crippen LogP contribution in [0.15, 0.2) is 24.3 Å². The Morgan fingerprint density at radius 1 is 0.550 bits per heavy atom. The minimum Gasteiger partial charge on any atom is -0.507 e. The Balaban J connectivity index is 0.000000204. The Morgan fingerprint density at radius 3 is 1.15 bits per heavy atom. The second-order valence-electron chi connectivity index (χ2n) is 5.77. The smallest absolute Gasteiger partial charge is 0.121 e. The molecule has 2 aromatic rings. The summed E-state index contributed by atoms with van der Waals surface area (Å²) in [5, 5.41) is 9.57. The highest BCUT2D eigenvalue weighted by atomic mass is 16.3. The van der Waals surface area contributed by atoms with Crippen LogP contribution in [0.1, 0.15) is 38.9 Å². The molecule has 0 amide bonds. The normalized spacial score (nSPS) is 9.95. The molecule has 20 heavy (non-hydrogen) atoms. The van der Waals surface area contributed by atoms with Gasteiger partial charge in [-0.3, -0.25) is 0 Å². The fourth-order valence-corrected chi connectivity index (χ4v) is 2.40. The summed E-state index contributed by atoms with van der Waals surface area (Å²) in [7, 11) is 0. The minimum absolute atomic E-state index is 0.447. The molecule has 0 unspecified atom stereocenters. The van der Waals surface area contributed by atoms with E-state index < -0.39 is 0 Å². The Bertz CT molecular complexity index is 533. The van der Waals surface area contributed by atoms with Crippen LogP contribution in [0.25, 0.3) is 0 Å². The topological polar surface area (TPSA) is 20.2 Å². The van der Waals surface area contributed by atoms with E-state index in [0.717, 1.165) is 22.3 Å². The summed E-state index contributed by atoms with van der Waals surface area (Å²) in [4.78, 5) is 0. The van der Waals surface area contributed by atoms with Gasteiger partial charge in [0, 0.05) is 0 Å². The zero-order valence-electron chi connectivity index (χ0n) is 13.8. The van der Waals surface area contributed by atoms with E-state index in [9.17, 15) is 5.11 Å². The maximum absolute atomic E-state index is 9.57. The standard InChI is InChI=1S/C10H14O.C9H12/c1-6-5-7(2)9(4)10(11)8(6)3;1-7-4-8(2)6-9(3)5-7/h5,11H,1-4H3;4-6H,1-3H3. The van der Waals surface area contributed by atoms with E-state index >= 15 is 0 Å². The Morgan fingerprint density at radius 2 is 0.850 bits per heavy atom. The highest BCUT2D eigenvalue weighted by Crippen LogP contribution is 2.26. The molecule has 2 aromatic carbocycles. The number of phenols is 1. The Hall–Kier alpha value is -1.76. The van der Waals surface area contributed by atoms with Crippen LogP contribution in [0.4, 0.5) is 0 Å². The van der Waals surface area contributed by atoms with Gasteiger partial charge in [0.15, 0.2) is 0 Å². The number of rotatable bonds is 0. The van der Waals surface area contributed by atoms with Gasteiger partial charge in [-0.2, -0.15) is 0 Å². The molecule has 0 heterocycles. The molecule has 0 bridgehead atoms. The molecule has 1 nitrogen and oxygen atoms in total. The molecule has 0 aliphatic heterocycles. The highest BCUT2D eigenvalue weighted by molar-refractivity contribution is 5.47. The van der Waals surface area contributed by atoms with Crippen molar-refractivity contribution < 1.29 is 5.11 Å². The van der Waals surface area contributed by atoms with Crippen LogP contribution in [-0.2, 0) is 0 Å². The van der Waals surface area contributed by atoms with E-state index in [1.165, 1.54) is 16.7 Å². The SMILES string of the molecule is Cc1cc(C)c(C)c(O)c1C.Cc1cc(C)cc(C)c1. The van der Waals surface area contributed by atoms with Crippen molar-refractivity contribution in [3.05, 3.63) is 63.2 Å². The lowest BCUT2D eigenvalue weighted by Gasteiger charge is -2.08. The van der Waals surface area contributed by atoms with Crippen LogP contribution in [0.3, 0.4) is 0 Å². The van der Waals surface area contributed by atoms with E-state index in [2.05, 4.69) is 45.0 Å². The molecule has 0 aromatic heterocycles. The number of benzene rings is 2. The van der Waals surface area contributed by atoms with E-state index in [-0.39, 0.29) is 0 Å². The quantitative estimate of drug-likeness (QED) is 0.694. The highest BCUT2D eigenvalue weighted by Gasteiger charge is 2.05. The maximum Gasteiger partial charge on any atom is 0.121 e. The summed E-state index contributed by atoms with van der Waals surface area (Å²) < 4.78 is 0. The molecule has 0 radical (unpaired) electrons.